The van der Waals surface area contributed by atoms with Crippen molar-refractivity contribution in [2.75, 3.05) is 6.61 Å². The third-order valence-electron chi connectivity index (χ3n) is 0.696. The van der Waals surface area contributed by atoms with E-state index in [-0.39, 0.29) is 0 Å². The van der Waals surface area contributed by atoms with Crippen LogP contribution in [0.25, 0.3) is 0 Å². The second kappa shape index (κ2) is 2.57. The molecule has 3 heteroatoms. The van der Waals surface area contributed by atoms with E-state index in [4.69, 9.17) is 17.0 Å². The molecule has 42 valence electrons. The molecule has 1 aliphatic rings. The summed E-state index contributed by atoms with van der Waals surface area (Å²) in [6.07, 6.45) is 4.84. The minimum atomic E-state index is 0.524. The summed E-state index contributed by atoms with van der Waals surface area (Å²) in [6.45, 7) is 0.524. The van der Waals surface area contributed by atoms with Crippen LogP contribution < -0.4 is 0 Å². The van der Waals surface area contributed by atoms with E-state index in [1.807, 2.05) is 0 Å². The minimum Gasteiger partial charge on any atom is -0.495 e. The van der Waals surface area contributed by atoms with Gasteiger partial charge in [0.15, 0.2) is 0 Å². The monoisotopic (exact) mass is 127 g/mol. The van der Waals surface area contributed by atoms with Crippen molar-refractivity contribution in [3.05, 3.63) is 12.3 Å². The number of thiocarbonyl (C=S) groups is 1. The number of hydrogen-bond acceptors (Lipinski definition) is 2. The van der Waals surface area contributed by atoms with Crippen molar-refractivity contribution in [3.8, 4) is 0 Å². The molecular weight excluding hydrogens is 122 g/mol. The van der Waals surface area contributed by atoms with Crippen LogP contribution in [0.4, 0.5) is 0 Å². The molecule has 0 saturated heterocycles. The van der Waals surface area contributed by atoms with Crippen molar-refractivity contribution in [2.24, 2.45) is 4.99 Å². The molecule has 0 fully saturated rings. The zero-order chi connectivity index (χ0) is 5.82. The van der Waals surface area contributed by atoms with E-state index < -0.39 is 0 Å². The predicted molar refractivity (Wildman–Crippen MR) is 36.2 cm³/mol. The summed E-state index contributed by atoms with van der Waals surface area (Å²) < 4.78 is 4.85. The summed E-state index contributed by atoms with van der Waals surface area (Å²) in [4.78, 5) is 4.39. The SMILES string of the molecule is S=C1C=COCC=N1. The van der Waals surface area contributed by atoms with Crippen molar-refractivity contribution < 1.29 is 4.74 Å². The van der Waals surface area contributed by atoms with Gasteiger partial charge in [-0.05, 0) is 0 Å². The molecule has 1 rings (SSSR count). The highest BCUT2D eigenvalue weighted by atomic mass is 32.1. The number of nitrogens with zero attached hydrogens (tertiary/aromatic N) is 1. The zero-order valence-corrected chi connectivity index (χ0v) is 5.02. The molecule has 1 heterocycles. The van der Waals surface area contributed by atoms with Crippen molar-refractivity contribution in [2.45, 2.75) is 0 Å². The average Bonchev–Trinajstić information content (AvgIpc) is 1.94. The number of aliphatic imine (C=N–C) groups is 1. The molecule has 0 aliphatic carbocycles. The topological polar surface area (TPSA) is 21.6 Å². The molecular formula is C5H5NOS. The Balaban J connectivity index is 2.64. The molecule has 0 bridgehead atoms. The molecule has 0 saturated carbocycles. The third kappa shape index (κ3) is 1.42. The van der Waals surface area contributed by atoms with Gasteiger partial charge < -0.3 is 4.74 Å². The minimum absolute atomic E-state index is 0.524. The molecule has 0 N–H and O–H groups in total. The summed E-state index contributed by atoms with van der Waals surface area (Å²) >= 11 is 4.73. The highest BCUT2D eigenvalue weighted by Crippen LogP contribution is 1.88. The summed E-state index contributed by atoms with van der Waals surface area (Å²) in [5.41, 5.74) is 0. The molecule has 0 radical (unpaired) electrons. The molecule has 0 aromatic heterocycles. The van der Waals surface area contributed by atoms with Gasteiger partial charge in [-0.3, -0.25) is 0 Å². The lowest BCUT2D eigenvalue weighted by Gasteiger charge is -1.85. The maximum atomic E-state index is 4.85. The van der Waals surface area contributed by atoms with E-state index in [0.717, 1.165) is 0 Å². The molecule has 1 aliphatic heterocycles. The highest BCUT2D eigenvalue weighted by Gasteiger charge is 1.87. The Morgan fingerprint density at radius 1 is 1.75 bits per heavy atom. The van der Waals surface area contributed by atoms with Gasteiger partial charge in [0.05, 0.1) is 6.26 Å². The standard InChI is InChI=1S/C5H5NOS/c8-5-1-3-7-4-2-6-5/h1-3H,4H2. The number of ether oxygens (including phenoxy) is 1. The van der Waals surface area contributed by atoms with Crippen molar-refractivity contribution >= 4 is 23.4 Å². The van der Waals surface area contributed by atoms with Crippen LogP contribution in [0.3, 0.4) is 0 Å². The van der Waals surface area contributed by atoms with Crippen molar-refractivity contribution in [1.29, 1.82) is 0 Å². The molecule has 8 heavy (non-hydrogen) atoms. The van der Waals surface area contributed by atoms with Crippen LogP contribution in [0, 0.1) is 0 Å². The van der Waals surface area contributed by atoms with Crippen LogP contribution in [0.2, 0.25) is 0 Å². The quantitative estimate of drug-likeness (QED) is 0.451. The largest absolute Gasteiger partial charge is 0.495 e. The van der Waals surface area contributed by atoms with Gasteiger partial charge >= 0.3 is 0 Å². The van der Waals surface area contributed by atoms with Crippen LogP contribution in [0.1, 0.15) is 0 Å². The van der Waals surface area contributed by atoms with Gasteiger partial charge in [0.25, 0.3) is 0 Å². The fourth-order valence-corrected chi connectivity index (χ4v) is 0.505. The molecule has 0 atom stereocenters. The Morgan fingerprint density at radius 2 is 2.62 bits per heavy atom. The first-order chi connectivity index (χ1) is 3.89. The molecule has 0 unspecified atom stereocenters. The van der Waals surface area contributed by atoms with Crippen molar-refractivity contribution in [3.63, 3.8) is 0 Å². The first kappa shape index (κ1) is 5.44. The Hall–Kier alpha value is -0.700. The molecule has 0 aromatic carbocycles. The van der Waals surface area contributed by atoms with Crippen molar-refractivity contribution in [1.82, 2.24) is 0 Å². The van der Waals surface area contributed by atoms with E-state index in [0.29, 0.717) is 11.6 Å². The first-order valence-electron chi connectivity index (χ1n) is 2.24. The molecule has 0 spiro atoms. The second-order valence-electron chi connectivity index (χ2n) is 1.29. The summed E-state index contributed by atoms with van der Waals surface area (Å²) in [5, 5.41) is 0. The van der Waals surface area contributed by atoms with Crippen LogP contribution in [0.15, 0.2) is 17.3 Å². The van der Waals surface area contributed by atoms with Gasteiger partial charge in [-0.1, -0.05) is 12.2 Å². The zero-order valence-electron chi connectivity index (χ0n) is 4.20. The van der Waals surface area contributed by atoms with E-state index in [1.165, 1.54) is 0 Å². The smallest absolute Gasteiger partial charge is 0.128 e. The fourth-order valence-electron chi connectivity index (χ4n) is 0.375. The van der Waals surface area contributed by atoms with Gasteiger partial charge in [0, 0.05) is 12.3 Å². The van der Waals surface area contributed by atoms with Crippen LogP contribution in [-0.2, 0) is 4.74 Å². The van der Waals surface area contributed by atoms with Crippen LogP contribution in [0.5, 0.6) is 0 Å². The second-order valence-corrected chi connectivity index (χ2v) is 1.70. The first-order valence-corrected chi connectivity index (χ1v) is 2.65. The van der Waals surface area contributed by atoms with Crippen LogP contribution >= 0.6 is 12.2 Å². The molecule has 0 aromatic rings. The van der Waals surface area contributed by atoms with Gasteiger partial charge in [-0.15, -0.1) is 0 Å². The maximum Gasteiger partial charge on any atom is 0.128 e. The lowest BCUT2D eigenvalue weighted by atomic mass is 10.6. The number of rotatable bonds is 0. The fraction of sp³-hybridized carbons (Fsp3) is 0.200. The van der Waals surface area contributed by atoms with Gasteiger partial charge in [-0.2, -0.15) is 0 Å². The molecule has 2 nitrogen and oxygen atoms in total. The lowest BCUT2D eigenvalue weighted by molar-refractivity contribution is 0.307. The Bertz CT molecular complexity index is 135. The summed E-state index contributed by atoms with van der Waals surface area (Å²) in [6, 6.07) is 0. The van der Waals surface area contributed by atoms with Gasteiger partial charge in [-0.25, -0.2) is 4.99 Å². The predicted octanol–water partition coefficient (Wildman–Crippen LogP) is 0.928. The summed E-state index contributed by atoms with van der Waals surface area (Å²) in [5.74, 6) is 0. The van der Waals surface area contributed by atoms with Gasteiger partial charge in [0.1, 0.15) is 11.6 Å². The van der Waals surface area contributed by atoms with E-state index in [9.17, 15) is 0 Å². The maximum absolute atomic E-state index is 4.85. The third-order valence-corrected chi connectivity index (χ3v) is 0.938. The van der Waals surface area contributed by atoms with E-state index in [2.05, 4.69) is 4.99 Å². The lowest BCUT2D eigenvalue weighted by Crippen LogP contribution is -1.84. The van der Waals surface area contributed by atoms with Crippen LogP contribution in [-0.4, -0.2) is 17.8 Å². The van der Waals surface area contributed by atoms with E-state index >= 15 is 0 Å². The number of hydrogen-bond donors (Lipinski definition) is 0. The van der Waals surface area contributed by atoms with E-state index in [1.54, 1.807) is 18.6 Å². The molecule has 0 amide bonds. The van der Waals surface area contributed by atoms with Gasteiger partial charge in [0.2, 0.25) is 0 Å². The Labute approximate surface area is 52.9 Å². The summed E-state index contributed by atoms with van der Waals surface area (Å²) in [7, 11) is 0. The Kier molecular flexibility index (Phi) is 1.75. The average molecular weight is 127 g/mol. The Morgan fingerprint density at radius 3 is 3.50 bits per heavy atom. The normalized spacial score (nSPS) is 17.8. The highest BCUT2D eigenvalue weighted by molar-refractivity contribution is 7.80.